The first-order valence-corrected chi connectivity index (χ1v) is 9.55. The van der Waals surface area contributed by atoms with Crippen molar-refractivity contribution in [3.05, 3.63) is 42.4 Å². The van der Waals surface area contributed by atoms with Crippen LogP contribution in [0.15, 0.2) is 36.7 Å². The van der Waals surface area contributed by atoms with Gasteiger partial charge in [0.2, 0.25) is 6.29 Å². The van der Waals surface area contributed by atoms with Crippen LogP contribution in [-0.2, 0) is 4.74 Å². The van der Waals surface area contributed by atoms with E-state index in [0.717, 1.165) is 0 Å². The van der Waals surface area contributed by atoms with Crippen molar-refractivity contribution in [2.24, 2.45) is 0 Å². The lowest BCUT2D eigenvalue weighted by atomic mass is 10.1. The average molecular weight is 437 g/mol. The Balaban J connectivity index is 1.58. The second-order valence-corrected chi connectivity index (χ2v) is 6.67. The van der Waals surface area contributed by atoms with Gasteiger partial charge < -0.3 is 24.6 Å². The maximum atomic E-state index is 11.3. The summed E-state index contributed by atoms with van der Waals surface area (Å²) in [6.45, 7) is 0.604. The van der Waals surface area contributed by atoms with Gasteiger partial charge in [0.15, 0.2) is 11.5 Å². The Morgan fingerprint density at radius 2 is 2.19 bits per heavy atom. The Bertz CT molecular complexity index is 1140. The predicted octanol–water partition coefficient (Wildman–Crippen LogP) is 2.21. The molecule has 0 aliphatic carbocycles. The van der Waals surface area contributed by atoms with Gasteiger partial charge in [-0.2, -0.15) is 10.4 Å². The van der Waals surface area contributed by atoms with Crippen molar-refractivity contribution < 1.29 is 24.1 Å². The van der Waals surface area contributed by atoms with E-state index in [2.05, 4.69) is 25.5 Å². The number of anilines is 2. The molecule has 0 saturated carbocycles. The van der Waals surface area contributed by atoms with Crippen LogP contribution in [0.1, 0.15) is 5.69 Å². The number of nitrogens with zero attached hydrogens (tertiary/aromatic N) is 5. The van der Waals surface area contributed by atoms with E-state index in [1.54, 1.807) is 24.3 Å². The summed E-state index contributed by atoms with van der Waals surface area (Å²) in [5.41, 5.74) is 1.39. The monoisotopic (exact) mass is 437 g/mol. The van der Waals surface area contributed by atoms with E-state index in [1.165, 1.54) is 24.4 Å². The molecule has 4 rings (SSSR count). The van der Waals surface area contributed by atoms with E-state index in [9.17, 15) is 9.90 Å². The van der Waals surface area contributed by atoms with Crippen molar-refractivity contribution >= 4 is 17.7 Å². The summed E-state index contributed by atoms with van der Waals surface area (Å²) in [5.74, 6) is 1.85. The first kappa shape index (κ1) is 20.9. The largest absolute Gasteiger partial charge is 0.496 e. The summed E-state index contributed by atoms with van der Waals surface area (Å²) in [6.07, 6.45) is 0.995. The molecule has 0 spiro atoms. The molecule has 1 fully saturated rings. The summed E-state index contributed by atoms with van der Waals surface area (Å²) >= 11 is 0. The summed E-state index contributed by atoms with van der Waals surface area (Å²) in [7, 11) is 1.54. The Hall–Kier alpha value is -4.37. The van der Waals surface area contributed by atoms with Crippen LogP contribution < -0.4 is 14.8 Å². The number of aromatic amines is 1. The fourth-order valence-electron chi connectivity index (χ4n) is 3.15. The van der Waals surface area contributed by atoms with Gasteiger partial charge in [0.05, 0.1) is 43.9 Å². The van der Waals surface area contributed by atoms with Gasteiger partial charge in [0.1, 0.15) is 23.4 Å². The molecule has 2 aromatic heterocycles. The highest BCUT2D eigenvalue weighted by atomic mass is 16.7. The molecule has 1 saturated heterocycles. The van der Waals surface area contributed by atoms with E-state index in [-0.39, 0.29) is 25.4 Å². The molecule has 0 radical (unpaired) electrons. The lowest BCUT2D eigenvalue weighted by molar-refractivity contribution is -0.123. The minimum absolute atomic E-state index is 0.0825. The summed E-state index contributed by atoms with van der Waals surface area (Å²) in [5, 5.41) is 28.2. The Kier molecular flexibility index (Phi) is 6.00. The fourth-order valence-corrected chi connectivity index (χ4v) is 3.15. The Morgan fingerprint density at radius 1 is 1.34 bits per heavy atom. The minimum atomic E-state index is -1.03. The lowest BCUT2D eigenvalue weighted by Crippen LogP contribution is -2.47. The van der Waals surface area contributed by atoms with Crippen LogP contribution in [0, 0.1) is 11.3 Å². The number of hydrogen-bond acceptors (Lipinski definition) is 9. The summed E-state index contributed by atoms with van der Waals surface area (Å²) in [4.78, 5) is 20.6. The van der Waals surface area contributed by atoms with E-state index < -0.39 is 12.4 Å². The van der Waals surface area contributed by atoms with Crippen molar-refractivity contribution in [1.82, 2.24) is 25.1 Å². The number of ether oxygens (including phenoxy) is 3. The summed E-state index contributed by atoms with van der Waals surface area (Å²) in [6, 6.07) is 8.91. The van der Waals surface area contributed by atoms with Crippen LogP contribution in [0.4, 0.5) is 16.4 Å². The van der Waals surface area contributed by atoms with E-state index in [0.29, 0.717) is 34.4 Å². The molecule has 1 aliphatic heterocycles. The SMILES string of the molecule is COc1cccc(O[C@H]2CN(C(=O)O)CCO2)c1-c1cc(Nc2cnc(C#N)cn2)n[nH]1. The number of benzene rings is 1. The molecule has 1 amide bonds. The van der Waals surface area contributed by atoms with Gasteiger partial charge in [0, 0.05) is 12.6 Å². The van der Waals surface area contributed by atoms with Crippen molar-refractivity contribution in [3.63, 3.8) is 0 Å². The van der Waals surface area contributed by atoms with E-state index in [4.69, 9.17) is 19.5 Å². The lowest BCUT2D eigenvalue weighted by Gasteiger charge is -2.31. The van der Waals surface area contributed by atoms with Crippen molar-refractivity contribution in [2.75, 3.05) is 32.1 Å². The molecule has 3 N–H and O–H groups in total. The molecule has 0 unspecified atom stereocenters. The highest BCUT2D eigenvalue weighted by molar-refractivity contribution is 5.76. The number of nitriles is 1. The smallest absolute Gasteiger partial charge is 0.407 e. The quantitative estimate of drug-likeness (QED) is 0.522. The number of rotatable bonds is 6. The van der Waals surface area contributed by atoms with Crippen LogP contribution in [0.2, 0.25) is 0 Å². The maximum Gasteiger partial charge on any atom is 0.407 e. The second kappa shape index (κ2) is 9.19. The minimum Gasteiger partial charge on any atom is -0.496 e. The molecule has 3 heterocycles. The normalized spacial score (nSPS) is 15.6. The fraction of sp³-hybridized carbons (Fsp3) is 0.250. The number of nitrogens with one attached hydrogen (secondary N) is 2. The highest BCUT2D eigenvalue weighted by Crippen LogP contribution is 2.39. The molecule has 12 heteroatoms. The maximum absolute atomic E-state index is 11.3. The van der Waals surface area contributed by atoms with Crippen molar-refractivity contribution in [1.29, 1.82) is 5.26 Å². The zero-order valence-corrected chi connectivity index (χ0v) is 17.0. The molecular formula is C20H19N7O5. The number of H-pyrrole nitrogens is 1. The molecular weight excluding hydrogens is 418 g/mol. The first-order valence-electron chi connectivity index (χ1n) is 9.55. The second-order valence-electron chi connectivity index (χ2n) is 6.67. The molecule has 0 bridgehead atoms. The van der Waals surface area contributed by atoms with Crippen LogP contribution in [0.5, 0.6) is 11.5 Å². The van der Waals surface area contributed by atoms with Gasteiger partial charge in [-0.25, -0.2) is 14.8 Å². The van der Waals surface area contributed by atoms with Crippen LogP contribution in [-0.4, -0.2) is 69.4 Å². The van der Waals surface area contributed by atoms with Crippen LogP contribution in [0.25, 0.3) is 11.3 Å². The molecule has 164 valence electrons. The van der Waals surface area contributed by atoms with Gasteiger partial charge in [-0.05, 0) is 12.1 Å². The van der Waals surface area contributed by atoms with Gasteiger partial charge in [-0.15, -0.1) is 0 Å². The molecule has 1 aromatic carbocycles. The number of morpholine rings is 1. The summed E-state index contributed by atoms with van der Waals surface area (Å²) < 4.78 is 17.1. The third-order valence-electron chi connectivity index (χ3n) is 4.64. The Labute approximate surface area is 182 Å². The average Bonchev–Trinajstić information content (AvgIpc) is 3.27. The van der Waals surface area contributed by atoms with Crippen molar-refractivity contribution in [3.8, 4) is 28.8 Å². The molecule has 12 nitrogen and oxygen atoms in total. The van der Waals surface area contributed by atoms with E-state index >= 15 is 0 Å². The predicted molar refractivity (Wildman–Crippen MR) is 111 cm³/mol. The van der Waals surface area contributed by atoms with Crippen LogP contribution >= 0.6 is 0 Å². The van der Waals surface area contributed by atoms with Gasteiger partial charge in [-0.3, -0.25) is 10.00 Å². The highest BCUT2D eigenvalue weighted by Gasteiger charge is 2.27. The van der Waals surface area contributed by atoms with Crippen LogP contribution in [0.3, 0.4) is 0 Å². The number of carbonyl (C=O) groups is 1. The standard InChI is InChI=1S/C20H19N7O5/c1-30-14-3-2-4-15(32-18-11-27(20(28)29)5-6-31-18)19(14)13-7-16(26-25-13)24-17-10-22-12(8-21)9-23-17/h2-4,7,9-10,18H,5-6,11H2,1H3,(H,28,29)(H2,23,24,25,26)/t18-/m0/s1. The van der Waals surface area contributed by atoms with Gasteiger partial charge in [-0.1, -0.05) is 6.07 Å². The Morgan fingerprint density at radius 3 is 2.91 bits per heavy atom. The molecule has 3 aromatic rings. The van der Waals surface area contributed by atoms with Crippen molar-refractivity contribution in [2.45, 2.75) is 6.29 Å². The number of carboxylic acid groups (broad SMARTS) is 1. The first-order chi connectivity index (χ1) is 15.6. The number of aromatic nitrogens is 4. The molecule has 1 aliphatic rings. The zero-order chi connectivity index (χ0) is 22.5. The topological polar surface area (TPSA) is 159 Å². The number of methoxy groups -OCH3 is 1. The molecule has 32 heavy (non-hydrogen) atoms. The number of hydrogen-bond donors (Lipinski definition) is 3. The zero-order valence-electron chi connectivity index (χ0n) is 17.0. The third-order valence-corrected chi connectivity index (χ3v) is 4.64. The number of amides is 1. The molecule has 1 atom stereocenters. The van der Waals surface area contributed by atoms with E-state index in [1.807, 2.05) is 6.07 Å². The third kappa shape index (κ3) is 4.52. The van der Waals surface area contributed by atoms with Gasteiger partial charge in [0.25, 0.3) is 0 Å². The van der Waals surface area contributed by atoms with Gasteiger partial charge >= 0.3 is 6.09 Å².